The van der Waals surface area contributed by atoms with Gasteiger partial charge in [-0.25, -0.2) is 0 Å². The maximum absolute atomic E-state index is 11.8. The number of rotatable bonds is 3. The van der Waals surface area contributed by atoms with Gasteiger partial charge in [0.2, 0.25) is 0 Å². The Morgan fingerprint density at radius 3 is 2.61 bits per heavy atom. The predicted molar refractivity (Wildman–Crippen MR) is 69.9 cm³/mol. The Morgan fingerprint density at radius 1 is 1.22 bits per heavy atom. The van der Waals surface area contributed by atoms with Gasteiger partial charge in [0, 0.05) is 16.1 Å². The van der Waals surface area contributed by atoms with Gasteiger partial charge in [-0.2, -0.15) is 4.57 Å². The third-order valence-electron chi connectivity index (χ3n) is 2.32. The molecular formula is C14H10BrNO2. The molecule has 0 radical (unpaired) electrons. The summed E-state index contributed by atoms with van der Waals surface area (Å²) in [5.74, 6) is -0.204. The van der Waals surface area contributed by atoms with E-state index >= 15 is 0 Å². The molecule has 0 aliphatic carbocycles. The van der Waals surface area contributed by atoms with Crippen molar-refractivity contribution in [2.45, 2.75) is 0 Å². The van der Waals surface area contributed by atoms with E-state index in [4.69, 9.17) is 0 Å². The summed E-state index contributed by atoms with van der Waals surface area (Å²) < 4.78 is 2.48. The van der Waals surface area contributed by atoms with Gasteiger partial charge in [-0.1, -0.05) is 22.0 Å². The number of carbonyl (C=O) groups is 1. The molecule has 2 rings (SSSR count). The minimum absolute atomic E-state index is 0.0989. The van der Waals surface area contributed by atoms with E-state index in [2.05, 4.69) is 15.9 Å². The summed E-state index contributed by atoms with van der Waals surface area (Å²) in [5.41, 5.74) is 0.605. The van der Waals surface area contributed by atoms with Gasteiger partial charge in [0.05, 0.1) is 6.08 Å². The van der Waals surface area contributed by atoms with Crippen molar-refractivity contribution in [3.63, 3.8) is 0 Å². The molecule has 0 saturated heterocycles. The smallest absolute Gasteiger partial charge is 0.191 e. The number of ketones is 1. The summed E-state index contributed by atoms with van der Waals surface area (Å²) in [7, 11) is 0. The first-order chi connectivity index (χ1) is 8.65. The molecule has 3 nitrogen and oxygen atoms in total. The molecular weight excluding hydrogens is 294 g/mol. The van der Waals surface area contributed by atoms with Crippen LogP contribution in [0, 0.1) is 0 Å². The lowest BCUT2D eigenvalue weighted by molar-refractivity contribution is -0.572. The van der Waals surface area contributed by atoms with Gasteiger partial charge in [0.15, 0.2) is 24.4 Å². The summed E-state index contributed by atoms with van der Waals surface area (Å²) in [6, 6.07) is 10.2. The maximum atomic E-state index is 11.8. The quantitative estimate of drug-likeness (QED) is 0.495. The van der Waals surface area contributed by atoms with Crippen molar-refractivity contribution >= 4 is 27.9 Å². The normalized spacial score (nSPS) is 10.7. The number of hydrogen-bond donors (Lipinski definition) is 0. The Kier molecular flexibility index (Phi) is 3.89. The van der Waals surface area contributed by atoms with Crippen molar-refractivity contribution in [2.75, 3.05) is 0 Å². The van der Waals surface area contributed by atoms with Crippen molar-refractivity contribution < 1.29 is 14.5 Å². The summed E-state index contributed by atoms with van der Waals surface area (Å²) in [6.45, 7) is 0. The van der Waals surface area contributed by atoms with Gasteiger partial charge in [0.1, 0.15) is 0 Å². The number of pyridine rings is 1. The maximum Gasteiger partial charge on any atom is 0.191 e. The van der Waals surface area contributed by atoms with Crippen LogP contribution in [-0.4, -0.2) is 5.78 Å². The van der Waals surface area contributed by atoms with E-state index in [1.807, 2.05) is 12.1 Å². The van der Waals surface area contributed by atoms with E-state index in [0.717, 1.165) is 4.47 Å². The molecule has 0 fully saturated rings. The fourth-order valence-electron chi connectivity index (χ4n) is 1.43. The zero-order valence-electron chi connectivity index (χ0n) is 9.42. The van der Waals surface area contributed by atoms with Crippen LogP contribution in [0.2, 0.25) is 0 Å². The molecule has 0 spiro atoms. The molecule has 2 aromatic rings. The van der Waals surface area contributed by atoms with Crippen molar-refractivity contribution in [3.05, 3.63) is 64.9 Å². The second kappa shape index (κ2) is 5.60. The van der Waals surface area contributed by atoms with Crippen LogP contribution in [0.5, 0.6) is 5.75 Å². The fraction of sp³-hybridized carbons (Fsp3) is 0. The molecule has 1 aromatic heterocycles. The third-order valence-corrected chi connectivity index (χ3v) is 2.85. The lowest BCUT2D eigenvalue weighted by Gasteiger charge is -1.99. The molecule has 0 amide bonds. The molecule has 0 atom stereocenters. The first kappa shape index (κ1) is 12.5. The van der Waals surface area contributed by atoms with Gasteiger partial charge in [-0.15, -0.1) is 0 Å². The molecule has 90 valence electrons. The fourth-order valence-corrected chi connectivity index (χ4v) is 1.69. The Labute approximate surface area is 113 Å². The van der Waals surface area contributed by atoms with Crippen LogP contribution in [-0.2, 0) is 0 Å². The lowest BCUT2D eigenvalue weighted by atomic mass is 10.1. The van der Waals surface area contributed by atoms with Gasteiger partial charge in [0.25, 0.3) is 0 Å². The summed E-state index contributed by atoms with van der Waals surface area (Å²) in [6.07, 6.45) is 6.10. The second-order valence-electron chi connectivity index (χ2n) is 3.67. The highest BCUT2D eigenvalue weighted by Gasteiger charge is 2.02. The van der Waals surface area contributed by atoms with Crippen LogP contribution in [0.3, 0.4) is 0 Å². The molecule has 0 aliphatic rings. The van der Waals surface area contributed by atoms with Crippen LogP contribution in [0.25, 0.3) is 6.20 Å². The van der Waals surface area contributed by atoms with Crippen LogP contribution >= 0.6 is 15.9 Å². The minimum atomic E-state index is -0.105. The Morgan fingerprint density at radius 2 is 1.94 bits per heavy atom. The number of halogens is 1. The highest BCUT2D eigenvalue weighted by atomic mass is 79.9. The van der Waals surface area contributed by atoms with Crippen LogP contribution in [0.1, 0.15) is 10.4 Å². The van der Waals surface area contributed by atoms with Crippen LogP contribution < -0.4 is 9.67 Å². The number of carbonyl (C=O) groups excluding carboxylic acids is 1. The van der Waals surface area contributed by atoms with E-state index in [-0.39, 0.29) is 11.5 Å². The Balaban J connectivity index is 2.14. The molecule has 1 heterocycles. The van der Waals surface area contributed by atoms with Crippen molar-refractivity contribution in [2.24, 2.45) is 0 Å². The van der Waals surface area contributed by atoms with Crippen LogP contribution in [0.15, 0.2) is 59.3 Å². The van der Waals surface area contributed by atoms with Crippen molar-refractivity contribution in [3.8, 4) is 5.75 Å². The number of aromatic nitrogens is 1. The monoisotopic (exact) mass is 303 g/mol. The van der Waals surface area contributed by atoms with Crippen molar-refractivity contribution in [1.29, 1.82) is 0 Å². The predicted octanol–water partition coefficient (Wildman–Crippen LogP) is 2.16. The SMILES string of the molecule is O=C(C=C[n+]1cccc([O-])c1)c1ccc(Br)cc1. The number of nitrogens with zero attached hydrogens (tertiary/aromatic N) is 1. The topological polar surface area (TPSA) is 44.0 Å². The zero-order chi connectivity index (χ0) is 13.0. The van der Waals surface area contributed by atoms with E-state index in [0.29, 0.717) is 5.56 Å². The highest BCUT2D eigenvalue weighted by Crippen LogP contribution is 2.11. The van der Waals surface area contributed by atoms with Gasteiger partial charge in [-0.3, -0.25) is 4.79 Å². The third kappa shape index (κ3) is 3.28. The molecule has 0 bridgehead atoms. The average Bonchev–Trinajstić information content (AvgIpc) is 2.37. The van der Waals surface area contributed by atoms with E-state index < -0.39 is 0 Å². The molecule has 1 aromatic carbocycles. The van der Waals surface area contributed by atoms with Gasteiger partial charge >= 0.3 is 0 Å². The van der Waals surface area contributed by atoms with E-state index in [1.165, 1.54) is 18.3 Å². The Hall–Kier alpha value is -1.94. The minimum Gasteiger partial charge on any atom is -0.868 e. The second-order valence-corrected chi connectivity index (χ2v) is 4.59. The summed E-state index contributed by atoms with van der Waals surface area (Å²) in [5, 5.41) is 11.1. The molecule has 0 unspecified atom stereocenters. The molecule has 4 heteroatoms. The summed E-state index contributed by atoms with van der Waals surface area (Å²) in [4.78, 5) is 11.8. The molecule has 0 saturated carbocycles. The number of hydrogen-bond acceptors (Lipinski definition) is 2. The standard InChI is InChI=1S/C14H10BrNO2/c15-12-5-3-11(4-6-12)14(18)7-9-16-8-1-2-13(17)10-16/h1-10H. The lowest BCUT2D eigenvalue weighted by Crippen LogP contribution is -2.25. The first-order valence-corrected chi connectivity index (χ1v) is 6.10. The van der Waals surface area contributed by atoms with Gasteiger partial charge in [-0.05, 0) is 30.0 Å². The van der Waals surface area contributed by atoms with Gasteiger partial charge < -0.3 is 5.11 Å². The van der Waals surface area contributed by atoms with E-state index in [9.17, 15) is 9.90 Å². The van der Waals surface area contributed by atoms with Crippen LogP contribution in [0.4, 0.5) is 0 Å². The highest BCUT2D eigenvalue weighted by molar-refractivity contribution is 9.10. The first-order valence-electron chi connectivity index (χ1n) is 5.31. The molecule has 0 N–H and O–H groups in total. The average molecular weight is 304 g/mol. The Bertz CT molecular complexity index is 591. The van der Waals surface area contributed by atoms with Crippen molar-refractivity contribution in [1.82, 2.24) is 0 Å². The van der Waals surface area contributed by atoms with E-state index in [1.54, 1.807) is 35.2 Å². The largest absolute Gasteiger partial charge is 0.868 e. The number of benzene rings is 1. The number of allylic oxidation sites excluding steroid dienone is 1. The zero-order valence-corrected chi connectivity index (χ0v) is 11.0. The molecule has 18 heavy (non-hydrogen) atoms. The molecule has 0 aliphatic heterocycles. The summed E-state index contributed by atoms with van der Waals surface area (Å²) >= 11 is 3.31.